The molecule has 1 aromatic rings. The summed E-state index contributed by atoms with van der Waals surface area (Å²) < 4.78 is 0. The number of aryl methyl sites for hydroxylation is 1. The molecular weight excluding hydrogens is 164 g/mol. The predicted molar refractivity (Wildman–Crippen MR) is 49.1 cm³/mol. The molecule has 0 aliphatic heterocycles. The SMILES string of the molecule is C=CCCc1ccc(C#N)c(O)n1. The molecule has 0 bridgehead atoms. The van der Waals surface area contributed by atoms with E-state index in [1.54, 1.807) is 18.2 Å². The van der Waals surface area contributed by atoms with Crippen LogP contribution in [0.15, 0.2) is 24.8 Å². The van der Waals surface area contributed by atoms with Crippen molar-refractivity contribution in [1.82, 2.24) is 4.98 Å². The van der Waals surface area contributed by atoms with E-state index >= 15 is 0 Å². The minimum Gasteiger partial charge on any atom is -0.492 e. The summed E-state index contributed by atoms with van der Waals surface area (Å²) in [5.41, 5.74) is 0.985. The maximum Gasteiger partial charge on any atom is 0.229 e. The van der Waals surface area contributed by atoms with Gasteiger partial charge >= 0.3 is 0 Å². The normalized spacial score (nSPS) is 9.15. The van der Waals surface area contributed by atoms with Gasteiger partial charge in [0.2, 0.25) is 5.88 Å². The van der Waals surface area contributed by atoms with E-state index in [9.17, 15) is 5.11 Å². The number of pyridine rings is 1. The van der Waals surface area contributed by atoms with E-state index in [2.05, 4.69) is 11.6 Å². The summed E-state index contributed by atoms with van der Waals surface area (Å²) in [6.07, 6.45) is 3.35. The predicted octanol–water partition coefficient (Wildman–Crippen LogP) is 1.78. The van der Waals surface area contributed by atoms with Gasteiger partial charge in [0.25, 0.3) is 0 Å². The molecule has 1 aromatic heterocycles. The Hall–Kier alpha value is -1.82. The van der Waals surface area contributed by atoms with Gasteiger partial charge in [-0.2, -0.15) is 5.26 Å². The van der Waals surface area contributed by atoms with Crippen LogP contribution in [0.5, 0.6) is 5.88 Å². The molecule has 3 heteroatoms. The number of rotatable bonds is 3. The summed E-state index contributed by atoms with van der Waals surface area (Å²) in [5, 5.41) is 17.8. The fraction of sp³-hybridized carbons (Fsp3) is 0.200. The third-order valence-electron chi connectivity index (χ3n) is 1.66. The zero-order chi connectivity index (χ0) is 9.68. The third-order valence-corrected chi connectivity index (χ3v) is 1.66. The van der Waals surface area contributed by atoms with Gasteiger partial charge in [0.05, 0.1) is 0 Å². The van der Waals surface area contributed by atoms with Crippen molar-refractivity contribution in [2.45, 2.75) is 12.8 Å². The van der Waals surface area contributed by atoms with Crippen LogP contribution in [0, 0.1) is 11.3 Å². The van der Waals surface area contributed by atoms with Crippen LogP contribution >= 0.6 is 0 Å². The van der Waals surface area contributed by atoms with E-state index in [0.29, 0.717) is 0 Å². The molecule has 0 unspecified atom stereocenters. The van der Waals surface area contributed by atoms with E-state index < -0.39 is 0 Å². The van der Waals surface area contributed by atoms with Crippen molar-refractivity contribution in [2.24, 2.45) is 0 Å². The number of allylic oxidation sites excluding steroid dienone is 1. The molecule has 0 amide bonds. The first kappa shape index (κ1) is 9.27. The lowest BCUT2D eigenvalue weighted by Gasteiger charge is -1.99. The van der Waals surface area contributed by atoms with Crippen LogP contribution in [0.1, 0.15) is 17.7 Å². The molecule has 0 saturated heterocycles. The summed E-state index contributed by atoms with van der Waals surface area (Å²) >= 11 is 0. The minimum absolute atomic E-state index is 0.191. The Kier molecular flexibility index (Phi) is 3.04. The molecule has 0 atom stereocenters. The summed E-state index contributed by atoms with van der Waals surface area (Å²) in [6, 6.07) is 5.15. The zero-order valence-corrected chi connectivity index (χ0v) is 7.20. The van der Waals surface area contributed by atoms with Gasteiger partial charge in [-0.15, -0.1) is 6.58 Å². The van der Waals surface area contributed by atoms with Crippen LogP contribution in [0.3, 0.4) is 0 Å². The van der Waals surface area contributed by atoms with E-state index in [1.807, 2.05) is 6.07 Å². The number of aromatic hydroxyl groups is 1. The van der Waals surface area contributed by atoms with Crippen molar-refractivity contribution in [1.29, 1.82) is 5.26 Å². The average molecular weight is 174 g/mol. The Morgan fingerprint density at radius 2 is 2.38 bits per heavy atom. The van der Waals surface area contributed by atoms with Gasteiger partial charge < -0.3 is 5.11 Å². The van der Waals surface area contributed by atoms with Gasteiger partial charge in [-0.3, -0.25) is 0 Å². The second-order valence-corrected chi connectivity index (χ2v) is 2.61. The smallest absolute Gasteiger partial charge is 0.229 e. The first-order valence-electron chi connectivity index (χ1n) is 3.98. The standard InChI is InChI=1S/C10H10N2O/c1-2-3-4-9-6-5-8(7-11)10(13)12-9/h2,5-6H,1,3-4H2,(H,12,13). The highest BCUT2D eigenvalue weighted by Gasteiger charge is 2.02. The lowest BCUT2D eigenvalue weighted by atomic mass is 10.2. The van der Waals surface area contributed by atoms with Crippen LogP contribution in [-0.4, -0.2) is 10.1 Å². The average Bonchev–Trinajstić information content (AvgIpc) is 2.15. The maximum absolute atomic E-state index is 9.23. The molecule has 1 rings (SSSR count). The molecular formula is C10H10N2O. The monoisotopic (exact) mass is 174 g/mol. The first-order chi connectivity index (χ1) is 6.27. The number of hydrogen-bond acceptors (Lipinski definition) is 3. The minimum atomic E-state index is -0.191. The van der Waals surface area contributed by atoms with Gasteiger partial charge in [-0.05, 0) is 25.0 Å². The Morgan fingerprint density at radius 1 is 1.62 bits per heavy atom. The summed E-state index contributed by atoms with van der Waals surface area (Å²) in [5.74, 6) is -0.191. The molecule has 3 nitrogen and oxygen atoms in total. The van der Waals surface area contributed by atoms with Crippen molar-refractivity contribution in [3.63, 3.8) is 0 Å². The molecule has 66 valence electrons. The van der Waals surface area contributed by atoms with E-state index in [0.717, 1.165) is 18.5 Å². The Morgan fingerprint density at radius 3 is 2.92 bits per heavy atom. The van der Waals surface area contributed by atoms with Crippen LogP contribution < -0.4 is 0 Å². The molecule has 1 N–H and O–H groups in total. The highest BCUT2D eigenvalue weighted by atomic mass is 16.3. The summed E-state index contributed by atoms with van der Waals surface area (Å²) in [4.78, 5) is 3.87. The highest BCUT2D eigenvalue weighted by Crippen LogP contribution is 2.13. The van der Waals surface area contributed by atoms with Crippen LogP contribution in [0.25, 0.3) is 0 Å². The van der Waals surface area contributed by atoms with E-state index in [-0.39, 0.29) is 11.4 Å². The fourth-order valence-electron chi connectivity index (χ4n) is 0.964. The van der Waals surface area contributed by atoms with Gasteiger partial charge in [-0.25, -0.2) is 4.98 Å². The summed E-state index contributed by atoms with van der Waals surface area (Å²) in [6.45, 7) is 3.59. The largest absolute Gasteiger partial charge is 0.492 e. The number of nitriles is 1. The molecule has 1 heterocycles. The molecule has 0 aliphatic rings. The van der Waals surface area contributed by atoms with Crippen LogP contribution in [-0.2, 0) is 6.42 Å². The van der Waals surface area contributed by atoms with Crippen molar-refractivity contribution in [3.8, 4) is 11.9 Å². The number of hydrogen-bond donors (Lipinski definition) is 1. The first-order valence-corrected chi connectivity index (χ1v) is 3.98. The molecule has 0 spiro atoms. The second-order valence-electron chi connectivity index (χ2n) is 2.61. The molecule has 0 radical (unpaired) electrons. The third kappa shape index (κ3) is 2.31. The number of aromatic nitrogens is 1. The van der Waals surface area contributed by atoms with Crippen LogP contribution in [0.2, 0.25) is 0 Å². The Labute approximate surface area is 77.0 Å². The van der Waals surface area contributed by atoms with Gasteiger partial charge in [-0.1, -0.05) is 6.08 Å². The van der Waals surface area contributed by atoms with Crippen molar-refractivity contribution < 1.29 is 5.11 Å². The van der Waals surface area contributed by atoms with Crippen molar-refractivity contribution >= 4 is 0 Å². The van der Waals surface area contributed by atoms with Gasteiger partial charge in [0.15, 0.2) is 0 Å². The van der Waals surface area contributed by atoms with E-state index in [1.165, 1.54) is 0 Å². The molecule has 0 aliphatic carbocycles. The molecule has 0 fully saturated rings. The van der Waals surface area contributed by atoms with Crippen LogP contribution in [0.4, 0.5) is 0 Å². The Balaban J connectivity index is 2.84. The highest BCUT2D eigenvalue weighted by molar-refractivity contribution is 5.37. The van der Waals surface area contributed by atoms with E-state index in [4.69, 9.17) is 5.26 Å². The van der Waals surface area contributed by atoms with Crippen molar-refractivity contribution in [2.75, 3.05) is 0 Å². The zero-order valence-electron chi connectivity index (χ0n) is 7.20. The molecule has 0 aromatic carbocycles. The quantitative estimate of drug-likeness (QED) is 0.710. The number of nitrogens with zero attached hydrogens (tertiary/aromatic N) is 2. The van der Waals surface area contributed by atoms with Crippen molar-refractivity contribution in [3.05, 3.63) is 36.0 Å². The lowest BCUT2D eigenvalue weighted by Crippen LogP contribution is -1.90. The lowest BCUT2D eigenvalue weighted by molar-refractivity contribution is 0.449. The molecule has 0 saturated carbocycles. The topological polar surface area (TPSA) is 56.9 Å². The maximum atomic E-state index is 9.23. The van der Waals surface area contributed by atoms with Gasteiger partial charge in [0.1, 0.15) is 11.6 Å². The fourth-order valence-corrected chi connectivity index (χ4v) is 0.964. The van der Waals surface area contributed by atoms with Gasteiger partial charge in [0, 0.05) is 5.69 Å². The Bertz CT molecular complexity index is 352. The second kappa shape index (κ2) is 4.27. The molecule has 13 heavy (non-hydrogen) atoms. The summed E-state index contributed by atoms with van der Waals surface area (Å²) in [7, 11) is 0.